The standard InChI is InChI=1S/C25H26ClN3O3/c1-2-4-24(30)29-15-13-28(14-16-29)21-9-7-20(8-10-21)27-25(31)23-12-11-22(32-23)18-5-3-6-19(26)17-18/h3,5-12,17H,2,4,13-16H2,1H3,(H,27,31). The van der Waals surface area contributed by atoms with E-state index in [1.165, 1.54) is 0 Å². The number of rotatable bonds is 6. The zero-order chi connectivity index (χ0) is 22.5. The summed E-state index contributed by atoms with van der Waals surface area (Å²) < 4.78 is 5.71. The molecule has 0 spiro atoms. The molecule has 4 rings (SSSR count). The van der Waals surface area contributed by atoms with Gasteiger partial charge in [-0.3, -0.25) is 9.59 Å². The zero-order valence-corrected chi connectivity index (χ0v) is 18.8. The fraction of sp³-hybridized carbons (Fsp3) is 0.280. The number of carbonyl (C=O) groups is 2. The first-order chi connectivity index (χ1) is 15.5. The number of halogens is 1. The highest BCUT2D eigenvalue weighted by Gasteiger charge is 2.20. The molecule has 1 saturated heterocycles. The van der Waals surface area contributed by atoms with E-state index in [-0.39, 0.29) is 17.6 Å². The second-order valence-corrected chi connectivity index (χ2v) is 8.23. The van der Waals surface area contributed by atoms with Crippen molar-refractivity contribution in [1.29, 1.82) is 0 Å². The molecule has 6 nitrogen and oxygen atoms in total. The van der Waals surface area contributed by atoms with Gasteiger partial charge in [-0.1, -0.05) is 30.7 Å². The molecule has 0 radical (unpaired) electrons. The van der Waals surface area contributed by atoms with E-state index in [9.17, 15) is 9.59 Å². The Balaban J connectivity index is 1.34. The van der Waals surface area contributed by atoms with Gasteiger partial charge in [0.2, 0.25) is 5.91 Å². The smallest absolute Gasteiger partial charge is 0.291 e. The SMILES string of the molecule is CCCC(=O)N1CCN(c2ccc(NC(=O)c3ccc(-c4cccc(Cl)c4)o3)cc2)CC1. The molecular formula is C25H26ClN3O3. The predicted octanol–water partition coefficient (Wildman–Crippen LogP) is 5.30. The molecule has 1 N–H and O–H groups in total. The van der Waals surface area contributed by atoms with Crippen molar-refractivity contribution in [2.75, 3.05) is 36.4 Å². The van der Waals surface area contributed by atoms with E-state index in [1.54, 1.807) is 24.3 Å². The second-order valence-electron chi connectivity index (χ2n) is 7.79. The van der Waals surface area contributed by atoms with Crippen LogP contribution in [0.1, 0.15) is 30.3 Å². The molecule has 166 valence electrons. The normalized spacial score (nSPS) is 13.8. The quantitative estimate of drug-likeness (QED) is 0.552. The molecule has 1 fully saturated rings. The molecule has 0 bridgehead atoms. The molecule has 0 atom stereocenters. The Morgan fingerprint density at radius 2 is 1.75 bits per heavy atom. The number of piperazine rings is 1. The van der Waals surface area contributed by atoms with Gasteiger partial charge in [0.15, 0.2) is 5.76 Å². The van der Waals surface area contributed by atoms with Gasteiger partial charge in [-0.15, -0.1) is 0 Å². The summed E-state index contributed by atoms with van der Waals surface area (Å²) in [7, 11) is 0. The minimum Gasteiger partial charge on any atom is -0.451 e. The van der Waals surface area contributed by atoms with Crippen LogP contribution in [0.3, 0.4) is 0 Å². The summed E-state index contributed by atoms with van der Waals surface area (Å²) in [5.74, 6) is 0.747. The van der Waals surface area contributed by atoms with E-state index in [0.717, 1.165) is 43.9 Å². The van der Waals surface area contributed by atoms with Crippen LogP contribution in [0.2, 0.25) is 5.02 Å². The lowest BCUT2D eigenvalue weighted by molar-refractivity contribution is -0.131. The van der Waals surface area contributed by atoms with Gasteiger partial charge in [0.05, 0.1) is 0 Å². The third kappa shape index (κ3) is 5.14. The molecule has 2 aromatic carbocycles. The number of amides is 2. The fourth-order valence-corrected chi connectivity index (χ4v) is 3.98. The van der Waals surface area contributed by atoms with Crippen LogP contribution >= 0.6 is 11.6 Å². The van der Waals surface area contributed by atoms with Crippen LogP contribution in [0.15, 0.2) is 65.1 Å². The Hall–Kier alpha value is -3.25. The first-order valence-corrected chi connectivity index (χ1v) is 11.2. The van der Waals surface area contributed by atoms with Crippen LogP contribution in [-0.2, 0) is 4.79 Å². The number of furan rings is 1. The van der Waals surface area contributed by atoms with Gasteiger partial charge in [0.1, 0.15) is 5.76 Å². The van der Waals surface area contributed by atoms with Crippen molar-refractivity contribution in [2.24, 2.45) is 0 Å². The van der Waals surface area contributed by atoms with Gasteiger partial charge < -0.3 is 19.5 Å². The largest absolute Gasteiger partial charge is 0.451 e. The summed E-state index contributed by atoms with van der Waals surface area (Å²) in [4.78, 5) is 28.8. The van der Waals surface area contributed by atoms with Crippen molar-refractivity contribution in [3.8, 4) is 11.3 Å². The van der Waals surface area contributed by atoms with Crippen molar-refractivity contribution in [1.82, 2.24) is 4.90 Å². The summed E-state index contributed by atoms with van der Waals surface area (Å²) in [6.45, 7) is 5.12. The van der Waals surface area contributed by atoms with E-state index in [0.29, 0.717) is 22.9 Å². The zero-order valence-electron chi connectivity index (χ0n) is 18.0. The molecular weight excluding hydrogens is 426 g/mol. The molecule has 1 aliphatic rings. The molecule has 0 saturated carbocycles. The third-order valence-electron chi connectivity index (χ3n) is 5.53. The lowest BCUT2D eigenvalue weighted by atomic mass is 10.2. The van der Waals surface area contributed by atoms with Crippen LogP contribution in [0.5, 0.6) is 0 Å². The Labute approximate surface area is 192 Å². The topological polar surface area (TPSA) is 65.8 Å². The maximum absolute atomic E-state index is 12.6. The lowest BCUT2D eigenvalue weighted by Gasteiger charge is -2.36. The molecule has 3 aromatic rings. The summed E-state index contributed by atoms with van der Waals surface area (Å²) >= 11 is 6.03. The number of hydrogen-bond donors (Lipinski definition) is 1. The molecule has 7 heteroatoms. The second kappa shape index (κ2) is 9.92. The van der Waals surface area contributed by atoms with E-state index < -0.39 is 0 Å². The molecule has 0 unspecified atom stereocenters. The van der Waals surface area contributed by atoms with Crippen LogP contribution in [0.4, 0.5) is 11.4 Å². The number of anilines is 2. The third-order valence-corrected chi connectivity index (χ3v) is 5.76. The minimum atomic E-state index is -0.311. The summed E-state index contributed by atoms with van der Waals surface area (Å²) in [5.41, 5.74) is 2.58. The Bertz CT molecular complexity index is 1090. The van der Waals surface area contributed by atoms with Crippen molar-refractivity contribution in [3.05, 3.63) is 71.4 Å². The van der Waals surface area contributed by atoms with E-state index in [2.05, 4.69) is 10.2 Å². The summed E-state index contributed by atoms with van der Waals surface area (Å²) in [5, 5.41) is 3.48. The van der Waals surface area contributed by atoms with Gasteiger partial charge >= 0.3 is 0 Å². The highest BCUT2D eigenvalue weighted by molar-refractivity contribution is 6.30. The molecule has 0 aliphatic carbocycles. The molecule has 32 heavy (non-hydrogen) atoms. The highest BCUT2D eigenvalue weighted by Crippen LogP contribution is 2.26. The number of nitrogens with zero attached hydrogens (tertiary/aromatic N) is 2. The fourth-order valence-electron chi connectivity index (χ4n) is 3.79. The van der Waals surface area contributed by atoms with E-state index in [4.69, 9.17) is 16.0 Å². The van der Waals surface area contributed by atoms with Crippen molar-refractivity contribution >= 4 is 34.8 Å². The average Bonchev–Trinajstić information content (AvgIpc) is 3.31. The molecule has 1 aliphatic heterocycles. The molecule has 2 amide bonds. The maximum Gasteiger partial charge on any atom is 0.291 e. The summed E-state index contributed by atoms with van der Waals surface area (Å²) in [6, 6.07) is 18.4. The maximum atomic E-state index is 12.6. The van der Waals surface area contributed by atoms with Crippen molar-refractivity contribution in [2.45, 2.75) is 19.8 Å². The van der Waals surface area contributed by atoms with Gasteiger partial charge in [0.25, 0.3) is 5.91 Å². The van der Waals surface area contributed by atoms with Gasteiger partial charge in [0, 0.05) is 54.6 Å². The number of benzene rings is 2. The Kier molecular flexibility index (Phi) is 6.81. The Morgan fingerprint density at radius 3 is 2.44 bits per heavy atom. The molecule has 2 heterocycles. The minimum absolute atomic E-state index is 0.233. The van der Waals surface area contributed by atoms with Crippen LogP contribution in [-0.4, -0.2) is 42.9 Å². The summed E-state index contributed by atoms with van der Waals surface area (Å²) in [6.07, 6.45) is 1.50. The first kappa shape index (κ1) is 22.0. The number of hydrogen-bond acceptors (Lipinski definition) is 4. The van der Waals surface area contributed by atoms with Gasteiger partial charge in [-0.05, 0) is 55.0 Å². The first-order valence-electron chi connectivity index (χ1n) is 10.8. The average molecular weight is 452 g/mol. The number of nitrogens with one attached hydrogen (secondary N) is 1. The van der Waals surface area contributed by atoms with Crippen LogP contribution < -0.4 is 10.2 Å². The van der Waals surface area contributed by atoms with Crippen molar-refractivity contribution < 1.29 is 14.0 Å². The van der Waals surface area contributed by atoms with Crippen LogP contribution in [0, 0.1) is 0 Å². The molecule has 1 aromatic heterocycles. The van der Waals surface area contributed by atoms with Gasteiger partial charge in [-0.2, -0.15) is 0 Å². The Morgan fingerprint density at radius 1 is 1.00 bits per heavy atom. The predicted molar refractivity (Wildman–Crippen MR) is 127 cm³/mol. The monoisotopic (exact) mass is 451 g/mol. The number of carbonyl (C=O) groups excluding carboxylic acids is 2. The van der Waals surface area contributed by atoms with Crippen molar-refractivity contribution in [3.63, 3.8) is 0 Å². The van der Waals surface area contributed by atoms with Crippen LogP contribution in [0.25, 0.3) is 11.3 Å². The highest BCUT2D eigenvalue weighted by atomic mass is 35.5. The lowest BCUT2D eigenvalue weighted by Crippen LogP contribution is -2.48. The van der Waals surface area contributed by atoms with E-state index >= 15 is 0 Å². The van der Waals surface area contributed by atoms with E-state index in [1.807, 2.05) is 48.2 Å². The van der Waals surface area contributed by atoms with Gasteiger partial charge in [-0.25, -0.2) is 0 Å².